The number of aromatic nitrogens is 5. The van der Waals surface area contributed by atoms with Crippen molar-refractivity contribution in [3.05, 3.63) is 66.0 Å². The maximum atomic E-state index is 14.4. The highest BCUT2D eigenvalue weighted by Gasteiger charge is 2.37. The lowest BCUT2D eigenvalue weighted by Gasteiger charge is -2.33. The van der Waals surface area contributed by atoms with Gasteiger partial charge in [-0.3, -0.25) is 19.2 Å². The third kappa shape index (κ3) is 5.98. The van der Waals surface area contributed by atoms with Gasteiger partial charge >= 0.3 is 0 Å². The first-order chi connectivity index (χ1) is 21.2. The molecule has 0 bridgehead atoms. The average Bonchev–Trinajstić information content (AvgIpc) is 3.77. The minimum Gasteiger partial charge on any atom is -0.351 e. The van der Waals surface area contributed by atoms with Crippen LogP contribution in [0, 0.1) is 6.92 Å². The van der Waals surface area contributed by atoms with Crippen molar-refractivity contribution in [2.75, 3.05) is 18.0 Å². The minimum atomic E-state index is -3.66. The Morgan fingerprint density at radius 2 is 1.70 bits per heavy atom. The number of fused-ring (bicyclic) bond motifs is 1. The van der Waals surface area contributed by atoms with Crippen LogP contribution in [-0.4, -0.2) is 68.4 Å². The zero-order chi connectivity index (χ0) is 30.8. The Bertz CT molecular complexity index is 1750. The quantitative estimate of drug-likeness (QED) is 0.303. The van der Waals surface area contributed by atoms with Gasteiger partial charge < -0.3 is 5.32 Å². The average molecular weight is 619 g/mol. The molecule has 1 saturated heterocycles. The topological polar surface area (TPSA) is 135 Å². The van der Waals surface area contributed by atoms with Crippen LogP contribution in [0.4, 0.5) is 5.69 Å². The maximum Gasteiger partial charge on any atom is 0.249 e. The molecule has 0 unspecified atom stereocenters. The number of nitrogens with zero attached hydrogens (tertiary/aromatic N) is 7. The van der Waals surface area contributed by atoms with Crippen molar-refractivity contribution < 1.29 is 18.0 Å². The fourth-order valence-electron chi connectivity index (χ4n) is 6.34. The Labute approximate surface area is 257 Å². The van der Waals surface area contributed by atoms with E-state index in [2.05, 4.69) is 20.7 Å². The van der Waals surface area contributed by atoms with Gasteiger partial charge in [0.25, 0.3) is 0 Å². The third-order valence-corrected chi connectivity index (χ3v) is 10.5. The first kappa shape index (κ1) is 29.9. The largest absolute Gasteiger partial charge is 0.351 e. The van der Waals surface area contributed by atoms with Crippen molar-refractivity contribution in [3.8, 4) is 0 Å². The monoisotopic (exact) mass is 618 g/mol. The van der Waals surface area contributed by atoms with Crippen LogP contribution in [0.3, 0.4) is 0 Å². The molecule has 0 radical (unpaired) electrons. The number of para-hydroxylation sites is 1. The highest BCUT2D eigenvalue weighted by Crippen LogP contribution is 2.32. The Hall–Kier alpha value is -4.10. The van der Waals surface area contributed by atoms with E-state index in [4.69, 9.17) is 0 Å². The molecular formula is C31H38N8O4S. The van der Waals surface area contributed by atoms with E-state index in [1.54, 1.807) is 30.1 Å². The number of rotatable bonds is 9. The van der Waals surface area contributed by atoms with Gasteiger partial charge in [0.1, 0.15) is 18.1 Å². The van der Waals surface area contributed by atoms with Crippen molar-refractivity contribution in [1.29, 1.82) is 0 Å². The number of sulfonamides is 1. The van der Waals surface area contributed by atoms with Crippen LogP contribution in [0.5, 0.6) is 0 Å². The lowest BCUT2D eigenvalue weighted by Crippen LogP contribution is -2.48. The van der Waals surface area contributed by atoms with Crippen LogP contribution in [0.1, 0.15) is 62.2 Å². The molecule has 232 valence electrons. The summed E-state index contributed by atoms with van der Waals surface area (Å²) in [6.45, 7) is 2.62. The molecule has 2 fully saturated rings. The van der Waals surface area contributed by atoms with Crippen molar-refractivity contribution in [2.45, 2.75) is 75.4 Å². The van der Waals surface area contributed by atoms with E-state index in [-0.39, 0.29) is 23.4 Å². The second-order valence-electron chi connectivity index (χ2n) is 11.7. The normalized spacial score (nSPS) is 17.1. The Balaban J connectivity index is 1.42. The molecule has 12 nitrogen and oxygen atoms in total. The van der Waals surface area contributed by atoms with Crippen LogP contribution in [-0.2, 0) is 33.2 Å². The number of aryl methyl sites for hydroxylation is 2. The van der Waals surface area contributed by atoms with E-state index in [0.717, 1.165) is 44.9 Å². The second kappa shape index (κ2) is 12.5. The summed E-state index contributed by atoms with van der Waals surface area (Å²) in [6.07, 6.45) is 8.40. The lowest BCUT2D eigenvalue weighted by molar-refractivity contribution is -0.127. The van der Waals surface area contributed by atoms with E-state index in [1.807, 2.05) is 31.2 Å². The zero-order valence-corrected chi connectivity index (χ0v) is 25.9. The molecule has 1 aliphatic heterocycles. The van der Waals surface area contributed by atoms with Gasteiger partial charge in [-0.05, 0) is 69.0 Å². The first-order valence-corrected chi connectivity index (χ1v) is 16.7. The molecule has 0 spiro atoms. The predicted molar refractivity (Wildman–Crippen MR) is 165 cm³/mol. The summed E-state index contributed by atoms with van der Waals surface area (Å²) in [5, 5.41) is 16.1. The maximum absolute atomic E-state index is 14.4. The van der Waals surface area contributed by atoms with Crippen LogP contribution in [0.2, 0.25) is 0 Å². The summed E-state index contributed by atoms with van der Waals surface area (Å²) in [6, 6.07) is 12.6. The fourth-order valence-corrected chi connectivity index (χ4v) is 7.86. The van der Waals surface area contributed by atoms with Crippen LogP contribution in [0.15, 0.2) is 59.6 Å². The highest BCUT2D eigenvalue weighted by molar-refractivity contribution is 7.89. The lowest BCUT2D eigenvalue weighted by atomic mass is 9.94. The number of nitrogens with one attached hydrogen (secondary N) is 1. The summed E-state index contributed by atoms with van der Waals surface area (Å²) in [4.78, 5) is 30.2. The van der Waals surface area contributed by atoms with Gasteiger partial charge in [0.2, 0.25) is 21.8 Å². The fraction of sp³-hybridized carbons (Fsp3) is 0.452. The van der Waals surface area contributed by atoms with Gasteiger partial charge in [-0.1, -0.05) is 36.6 Å². The molecule has 2 aliphatic rings. The summed E-state index contributed by atoms with van der Waals surface area (Å²) in [7, 11) is -1.89. The molecule has 4 aromatic rings. The summed E-state index contributed by atoms with van der Waals surface area (Å²) < 4.78 is 31.2. The number of carbonyl (C=O) groups excluding carboxylic acids is 2. The molecule has 3 heterocycles. The molecule has 44 heavy (non-hydrogen) atoms. The van der Waals surface area contributed by atoms with Crippen LogP contribution >= 0.6 is 0 Å². The van der Waals surface area contributed by atoms with Gasteiger partial charge in [-0.25, -0.2) is 13.1 Å². The molecule has 1 aliphatic carbocycles. The van der Waals surface area contributed by atoms with E-state index >= 15 is 0 Å². The Morgan fingerprint density at radius 1 is 1.00 bits per heavy atom. The van der Waals surface area contributed by atoms with Gasteiger partial charge in [0.15, 0.2) is 0 Å². The molecule has 2 amide bonds. The van der Waals surface area contributed by atoms with E-state index in [0.29, 0.717) is 41.1 Å². The van der Waals surface area contributed by atoms with Crippen LogP contribution < -0.4 is 10.2 Å². The van der Waals surface area contributed by atoms with E-state index < -0.39 is 22.0 Å². The van der Waals surface area contributed by atoms with E-state index in [1.165, 1.54) is 26.0 Å². The molecule has 2 aromatic carbocycles. The summed E-state index contributed by atoms with van der Waals surface area (Å²) in [5.74, 6) is -0.707. The smallest absolute Gasteiger partial charge is 0.249 e. The van der Waals surface area contributed by atoms with Crippen molar-refractivity contribution in [2.24, 2.45) is 7.05 Å². The molecular weight excluding hydrogens is 580 g/mol. The van der Waals surface area contributed by atoms with Gasteiger partial charge in [-0.15, -0.1) is 5.10 Å². The van der Waals surface area contributed by atoms with Crippen molar-refractivity contribution in [1.82, 2.24) is 34.4 Å². The third-order valence-electron chi connectivity index (χ3n) is 8.60. The number of amides is 2. The minimum absolute atomic E-state index is 0.0138. The number of anilines is 1. The van der Waals surface area contributed by atoms with Crippen LogP contribution in [0.25, 0.3) is 11.0 Å². The van der Waals surface area contributed by atoms with Crippen molar-refractivity contribution in [3.63, 3.8) is 0 Å². The number of hydrogen-bond donors (Lipinski definition) is 1. The first-order valence-electron chi connectivity index (χ1n) is 15.2. The number of benzene rings is 2. The zero-order valence-electron chi connectivity index (χ0n) is 25.1. The molecule has 6 rings (SSSR count). The van der Waals surface area contributed by atoms with Gasteiger partial charge in [-0.2, -0.15) is 9.40 Å². The Kier molecular flexibility index (Phi) is 8.50. The summed E-state index contributed by atoms with van der Waals surface area (Å²) >= 11 is 0. The standard InChI is InChI=1S/C31H38N8O4S/c1-22-26(20-36(2)34-22)30(31(41)32-23-10-4-3-5-11-23)39(29(40)21-38-28-13-7-6-12-27(28)33-35-38)24-14-16-25(17-15-24)44(42,43)37-18-8-9-19-37/h6-7,12-17,20,23,30H,3-5,8-11,18-19,21H2,1-2H3,(H,32,41)/t30-/m0/s1. The predicted octanol–water partition coefficient (Wildman–Crippen LogP) is 3.48. The SMILES string of the molecule is Cc1nn(C)cc1[C@@H](C(=O)NC1CCCCC1)N(C(=O)Cn1nnc2ccccc21)c1ccc(S(=O)(=O)N2CCCC2)cc1. The summed E-state index contributed by atoms with van der Waals surface area (Å²) in [5.41, 5.74) is 2.94. The molecule has 13 heteroatoms. The molecule has 1 N–H and O–H groups in total. The highest BCUT2D eigenvalue weighted by atomic mass is 32.2. The second-order valence-corrected chi connectivity index (χ2v) is 13.6. The van der Waals surface area contributed by atoms with Gasteiger partial charge in [0.05, 0.1) is 16.1 Å². The molecule has 2 aromatic heterocycles. The molecule has 1 atom stereocenters. The Morgan fingerprint density at radius 3 is 2.39 bits per heavy atom. The van der Waals surface area contributed by atoms with E-state index in [9.17, 15) is 18.0 Å². The number of carbonyl (C=O) groups is 2. The number of hydrogen-bond acceptors (Lipinski definition) is 7. The van der Waals surface area contributed by atoms with Gasteiger partial charge in [0, 0.05) is 43.6 Å². The molecule has 1 saturated carbocycles. The van der Waals surface area contributed by atoms with Crippen molar-refractivity contribution >= 4 is 38.6 Å².